The summed E-state index contributed by atoms with van der Waals surface area (Å²) in [7, 11) is 0. The average Bonchev–Trinajstić information content (AvgIpc) is 2.08. The second kappa shape index (κ2) is 3.65. The van der Waals surface area contributed by atoms with Gasteiger partial charge in [0.1, 0.15) is 18.3 Å². The topological polar surface area (TPSA) is 116 Å². The molecule has 12 heavy (non-hydrogen) atoms. The summed E-state index contributed by atoms with van der Waals surface area (Å²) in [5.41, 5.74) is 5.33. The van der Waals surface area contributed by atoms with E-state index in [0.29, 0.717) is 0 Å². The highest BCUT2D eigenvalue weighted by Crippen LogP contribution is 2.17. The third-order valence-electron chi connectivity index (χ3n) is 1.96. The first-order chi connectivity index (χ1) is 5.57. The Morgan fingerprint density at radius 3 is 2.25 bits per heavy atom. The molecule has 0 radical (unpaired) electrons. The van der Waals surface area contributed by atoms with Gasteiger partial charge in [-0.3, -0.25) is 0 Å². The van der Waals surface area contributed by atoms with Crippen molar-refractivity contribution in [2.24, 2.45) is 5.73 Å². The van der Waals surface area contributed by atoms with E-state index in [2.05, 4.69) is 4.74 Å². The van der Waals surface area contributed by atoms with Crippen molar-refractivity contribution in [3.8, 4) is 0 Å². The number of nitrogens with two attached hydrogens (primary N) is 1. The van der Waals surface area contributed by atoms with E-state index in [1.165, 1.54) is 0 Å². The van der Waals surface area contributed by atoms with Crippen LogP contribution in [0.15, 0.2) is 0 Å². The molecule has 6 nitrogen and oxygen atoms in total. The van der Waals surface area contributed by atoms with E-state index in [-0.39, 0.29) is 0 Å². The molecule has 0 saturated carbocycles. The minimum absolute atomic E-state index is 0.446. The van der Waals surface area contributed by atoms with Crippen molar-refractivity contribution in [2.45, 2.75) is 30.6 Å². The predicted octanol–water partition coefficient (Wildman–Crippen LogP) is -3.26. The Balaban J connectivity index is 2.63. The lowest BCUT2D eigenvalue weighted by atomic mass is 9.97. The number of aliphatic hydroxyl groups is 4. The highest BCUT2D eigenvalue weighted by atomic mass is 16.6. The van der Waals surface area contributed by atoms with Crippen LogP contribution < -0.4 is 5.73 Å². The molecule has 6 heteroatoms. The monoisotopic (exact) mass is 179 g/mol. The molecule has 0 bridgehead atoms. The zero-order valence-electron chi connectivity index (χ0n) is 6.37. The van der Waals surface area contributed by atoms with E-state index in [1.807, 2.05) is 0 Å². The van der Waals surface area contributed by atoms with Crippen LogP contribution in [0.2, 0.25) is 0 Å². The normalized spacial score (nSPS) is 49.2. The van der Waals surface area contributed by atoms with Crippen molar-refractivity contribution in [3.05, 3.63) is 0 Å². The fourth-order valence-electron chi connectivity index (χ4n) is 1.13. The van der Waals surface area contributed by atoms with Crippen LogP contribution in [0.5, 0.6) is 0 Å². The Hall–Kier alpha value is -0.240. The Bertz CT molecular complexity index is 150. The second-order valence-electron chi connectivity index (χ2n) is 2.81. The number of hydrogen-bond donors (Lipinski definition) is 5. The van der Waals surface area contributed by atoms with Crippen LogP contribution in [-0.4, -0.2) is 57.7 Å². The second-order valence-corrected chi connectivity index (χ2v) is 2.81. The highest BCUT2D eigenvalue weighted by molar-refractivity contribution is 4.90. The van der Waals surface area contributed by atoms with E-state index < -0.39 is 37.3 Å². The van der Waals surface area contributed by atoms with Crippen molar-refractivity contribution >= 4 is 0 Å². The summed E-state index contributed by atoms with van der Waals surface area (Å²) in [6.07, 6.45) is -4.85. The third-order valence-corrected chi connectivity index (χ3v) is 1.96. The van der Waals surface area contributed by atoms with Gasteiger partial charge in [-0.05, 0) is 0 Å². The van der Waals surface area contributed by atoms with E-state index in [0.717, 1.165) is 0 Å². The lowest BCUT2D eigenvalue weighted by Gasteiger charge is -2.38. The number of ether oxygens (including phenoxy) is 1. The van der Waals surface area contributed by atoms with Crippen molar-refractivity contribution in [2.75, 3.05) is 6.61 Å². The molecule has 1 fully saturated rings. The molecule has 0 spiro atoms. The van der Waals surface area contributed by atoms with Gasteiger partial charge < -0.3 is 30.9 Å². The molecule has 1 aliphatic heterocycles. The Labute approximate surface area is 69.2 Å². The van der Waals surface area contributed by atoms with E-state index >= 15 is 0 Å². The summed E-state index contributed by atoms with van der Waals surface area (Å²) in [6.45, 7) is -0.446. The third kappa shape index (κ3) is 1.58. The molecule has 0 amide bonds. The zero-order valence-corrected chi connectivity index (χ0v) is 6.37. The van der Waals surface area contributed by atoms with E-state index in [4.69, 9.17) is 21.1 Å². The lowest BCUT2D eigenvalue weighted by Crippen LogP contribution is -2.62. The Morgan fingerprint density at radius 2 is 1.75 bits per heavy atom. The van der Waals surface area contributed by atoms with Gasteiger partial charge in [-0.25, -0.2) is 0 Å². The quantitative estimate of drug-likeness (QED) is 0.288. The van der Waals surface area contributed by atoms with Gasteiger partial charge in [0.05, 0.1) is 12.6 Å². The summed E-state index contributed by atoms with van der Waals surface area (Å²) in [5, 5.41) is 36.0. The van der Waals surface area contributed by atoms with Gasteiger partial charge >= 0.3 is 0 Å². The lowest BCUT2D eigenvalue weighted by molar-refractivity contribution is -0.258. The summed E-state index contributed by atoms with van der Waals surface area (Å²) in [4.78, 5) is 0. The molecule has 1 saturated heterocycles. The molecule has 5 atom stereocenters. The fourth-order valence-corrected chi connectivity index (χ4v) is 1.13. The predicted molar refractivity (Wildman–Crippen MR) is 38.0 cm³/mol. The first kappa shape index (κ1) is 9.85. The molecule has 0 aromatic carbocycles. The first-order valence-corrected chi connectivity index (χ1v) is 3.64. The van der Waals surface area contributed by atoms with Crippen LogP contribution in [0.3, 0.4) is 0 Å². The van der Waals surface area contributed by atoms with E-state index in [9.17, 15) is 5.11 Å². The summed E-state index contributed by atoms with van der Waals surface area (Å²) in [5.74, 6) is 0. The van der Waals surface area contributed by atoms with Gasteiger partial charge in [0.2, 0.25) is 0 Å². The maximum Gasteiger partial charge on any atom is 0.183 e. The first-order valence-electron chi connectivity index (χ1n) is 3.64. The molecule has 0 aliphatic carbocycles. The summed E-state index contributed by atoms with van der Waals surface area (Å²) in [6, 6.07) is -0.995. The minimum Gasteiger partial charge on any atom is -0.394 e. The molecular weight excluding hydrogens is 166 g/mol. The van der Waals surface area contributed by atoms with Crippen molar-refractivity contribution < 1.29 is 25.2 Å². The van der Waals surface area contributed by atoms with Crippen LogP contribution in [-0.2, 0) is 4.74 Å². The van der Waals surface area contributed by atoms with Crippen LogP contribution in [0.25, 0.3) is 0 Å². The molecule has 6 N–H and O–H groups in total. The molecule has 1 heterocycles. The van der Waals surface area contributed by atoms with Crippen LogP contribution in [0.1, 0.15) is 0 Å². The molecule has 4 unspecified atom stereocenters. The minimum atomic E-state index is -1.44. The maximum atomic E-state index is 9.24. The Kier molecular flexibility index (Phi) is 2.99. The van der Waals surface area contributed by atoms with Gasteiger partial charge in [-0.15, -0.1) is 0 Å². The van der Waals surface area contributed by atoms with Gasteiger partial charge in [0.25, 0.3) is 0 Å². The summed E-state index contributed by atoms with van der Waals surface area (Å²) >= 11 is 0. The van der Waals surface area contributed by atoms with Crippen LogP contribution >= 0.6 is 0 Å². The smallest absolute Gasteiger partial charge is 0.183 e. The van der Waals surface area contributed by atoms with Crippen LogP contribution in [0.4, 0.5) is 0 Å². The van der Waals surface area contributed by atoms with Gasteiger partial charge in [-0.2, -0.15) is 0 Å². The zero-order chi connectivity index (χ0) is 9.30. The largest absolute Gasteiger partial charge is 0.394 e. The molecule has 1 rings (SSSR count). The van der Waals surface area contributed by atoms with Crippen molar-refractivity contribution in [1.82, 2.24) is 0 Å². The molecule has 72 valence electrons. The van der Waals surface area contributed by atoms with Crippen LogP contribution in [0, 0.1) is 0 Å². The van der Waals surface area contributed by atoms with Crippen molar-refractivity contribution in [3.63, 3.8) is 0 Å². The number of hydrogen-bond acceptors (Lipinski definition) is 6. The van der Waals surface area contributed by atoms with Crippen molar-refractivity contribution in [1.29, 1.82) is 0 Å². The average molecular weight is 179 g/mol. The van der Waals surface area contributed by atoms with Gasteiger partial charge in [0.15, 0.2) is 6.29 Å². The van der Waals surface area contributed by atoms with Gasteiger partial charge in [-0.1, -0.05) is 0 Å². The standard InChI is InChI=1S/C6H13NO5/c7-3-4(9)2(1-8)12-6(11)5(3)10/h2-6,8-11H,1,7H2/t2-,3?,4?,5?,6?/m1/s1. The molecule has 0 aromatic rings. The molecule has 0 aromatic heterocycles. The molecule has 1 aliphatic rings. The number of rotatable bonds is 1. The maximum absolute atomic E-state index is 9.24. The SMILES string of the molecule is NC1C(O)C(O)O[C@H](CO)C1O. The fraction of sp³-hybridized carbons (Fsp3) is 1.00. The Morgan fingerprint density at radius 1 is 1.17 bits per heavy atom. The van der Waals surface area contributed by atoms with Gasteiger partial charge in [0, 0.05) is 0 Å². The highest BCUT2D eigenvalue weighted by Gasteiger charge is 2.41. The van der Waals surface area contributed by atoms with E-state index in [1.54, 1.807) is 0 Å². The molecular formula is C6H13NO5. The number of aliphatic hydroxyl groups excluding tert-OH is 4. The summed E-state index contributed by atoms with van der Waals surface area (Å²) < 4.78 is 4.66.